The van der Waals surface area contributed by atoms with Crippen molar-refractivity contribution >= 4 is 17.7 Å². The molecule has 5 fully saturated rings. The van der Waals surface area contributed by atoms with Crippen LogP contribution in [0.2, 0.25) is 0 Å². The lowest BCUT2D eigenvalue weighted by atomic mass is 9.49. The Hall–Kier alpha value is -1.04. The molecule has 1 aromatic rings. The number of hydrogen-bond acceptors (Lipinski definition) is 4. The van der Waals surface area contributed by atoms with Crippen molar-refractivity contribution in [1.29, 1.82) is 0 Å². The van der Waals surface area contributed by atoms with Crippen LogP contribution >= 0.6 is 11.8 Å². The van der Waals surface area contributed by atoms with Gasteiger partial charge in [-0.25, -0.2) is 0 Å². The normalized spacial score (nSPS) is 34.2. The summed E-state index contributed by atoms with van der Waals surface area (Å²) >= 11 is 1.55. The lowest BCUT2D eigenvalue weighted by Gasteiger charge is -2.56. The van der Waals surface area contributed by atoms with Gasteiger partial charge < -0.3 is 9.88 Å². The number of aromatic nitrogens is 3. The minimum absolute atomic E-state index is 0.144. The fourth-order valence-electron chi connectivity index (χ4n) is 7.19. The number of carbonyl (C=O) groups excluding carboxylic acids is 1. The summed E-state index contributed by atoms with van der Waals surface area (Å²) in [4.78, 5) is 12.3. The Morgan fingerprint density at radius 1 is 1.11 bits per heavy atom. The molecule has 6 rings (SSSR count). The quantitative estimate of drug-likeness (QED) is 0.694. The Labute approximate surface area is 172 Å². The number of carbonyl (C=O) groups is 1. The summed E-state index contributed by atoms with van der Waals surface area (Å²) < 4.78 is 2.27. The second-order valence-corrected chi connectivity index (χ2v) is 11.0. The van der Waals surface area contributed by atoms with Gasteiger partial charge in [0.2, 0.25) is 5.91 Å². The van der Waals surface area contributed by atoms with E-state index in [0.717, 1.165) is 54.5 Å². The van der Waals surface area contributed by atoms with Gasteiger partial charge >= 0.3 is 0 Å². The number of thioether (sulfide) groups is 1. The maximum absolute atomic E-state index is 12.3. The lowest BCUT2D eigenvalue weighted by molar-refractivity contribution is -0.119. The molecule has 0 radical (unpaired) electrons. The highest BCUT2D eigenvalue weighted by Crippen LogP contribution is 2.61. The van der Waals surface area contributed by atoms with E-state index in [1.807, 2.05) is 0 Å². The second-order valence-electron chi connectivity index (χ2n) is 10.1. The molecule has 28 heavy (non-hydrogen) atoms. The van der Waals surface area contributed by atoms with Gasteiger partial charge in [-0.15, -0.1) is 10.2 Å². The van der Waals surface area contributed by atoms with Crippen molar-refractivity contribution in [3.05, 3.63) is 5.82 Å². The van der Waals surface area contributed by atoms with Crippen molar-refractivity contribution < 1.29 is 4.79 Å². The van der Waals surface area contributed by atoms with Gasteiger partial charge in [0.25, 0.3) is 0 Å². The van der Waals surface area contributed by atoms with E-state index in [1.54, 1.807) is 11.8 Å². The van der Waals surface area contributed by atoms with Gasteiger partial charge in [0, 0.05) is 19.0 Å². The summed E-state index contributed by atoms with van der Waals surface area (Å²) in [5.41, 5.74) is 0.483. The van der Waals surface area contributed by atoms with Crippen LogP contribution in [0.25, 0.3) is 0 Å². The molecule has 1 N–H and O–H groups in total. The fourth-order valence-corrected chi connectivity index (χ4v) is 8.02. The van der Waals surface area contributed by atoms with Crippen LogP contribution in [0.4, 0.5) is 0 Å². The standard InChI is InChI=1S/C22H34N4OS/c1-2-26-19(13-22-10-15-7-16(11-22)9-17(8-15)12-22)24-25-21(26)28-14-20(27)23-18-5-3-4-6-18/h15-18H,2-14H2,1H3,(H,23,27). The molecule has 154 valence electrons. The highest BCUT2D eigenvalue weighted by atomic mass is 32.2. The van der Waals surface area contributed by atoms with Crippen LogP contribution in [-0.2, 0) is 17.8 Å². The van der Waals surface area contributed by atoms with Crippen LogP contribution in [0.1, 0.15) is 77.0 Å². The zero-order valence-electron chi connectivity index (χ0n) is 17.2. The highest BCUT2D eigenvalue weighted by molar-refractivity contribution is 7.99. The minimum Gasteiger partial charge on any atom is -0.353 e. The SMILES string of the molecule is CCn1c(CC23CC4CC(CC(C4)C2)C3)nnc1SCC(=O)NC1CCCC1. The Kier molecular flexibility index (Phi) is 5.18. The smallest absolute Gasteiger partial charge is 0.230 e. The third-order valence-corrected chi connectivity index (χ3v) is 8.83. The van der Waals surface area contributed by atoms with Gasteiger partial charge in [-0.05, 0) is 81.5 Å². The van der Waals surface area contributed by atoms with E-state index in [-0.39, 0.29) is 5.91 Å². The third-order valence-electron chi connectivity index (χ3n) is 7.86. The summed E-state index contributed by atoms with van der Waals surface area (Å²) in [5.74, 6) is 4.66. The summed E-state index contributed by atoms with van der Waals surface area (Å²) in [7, 11) is 0. The van der Waals surface area contributed by atoms with E-state index in [1.165, 1.54) is 51.4 Å². The summed E-state index contributed by atoms with van der Waals surface area (Å²) in [6.07, 6.45) is 14.5. The summed E-state index contributed by atoms with van der Waals surface area (Å²) in [6.45, 7) is 3.07. The zero-order valence-corrected chi connectivity index (χ0v) is 18.0. The van der Waals surface area contributed by atoms with Gasteiger partial charge in [0.15, 0.2) is 5.16 Å². The number of hydrogen-bond donors (Lipinski definition) is 1. The maximum atomic E-state index is 12.3. The first-order valence-electron chi connectivity index (χ1n) is 11.5. The number of amides is 1. The van der Waals surface area contributed by atoms with E-state index in [2.05, 4.69) is 27.0 Å². The molecule has 1 amide bonds. The van der Waals surface area contributed by atoms with Gasteiger partial charge in [0.05, 0.1) is 5.75 Å². The molecule has 0 saturated heterocycles. The van der Waals surface area contributed by atoms with Crippen molar-refractivity contribution in [2.45, 2.75) is 95.3 Å². The number of rotatable bonds is 7. The molecule has 0 unspecified atom stereocenters. The molecule has 1 heterocycles. The van der Waals surface area contributed by atoms with Crippen LogP contribution in [-0.4, -0.2) is 32.5 Å². The molecule has 5 aliphatic carbocycles. The molecule has 0 atom stereocenters. The maximum Gasteiger partial charge on any atom is 0.230 e. The summed E-state index contributed by atoms with van der Waals surface area (Å²) in [6, 6.07) is 0.392. The van der Waals surface area contributed by atoms with E-state index in [0.29, 0.717) is 17.2 Å². The predicted octanol–water partition coefficient (Wildman–Crippen LogP) is 4.21. The highest BCUT2D eigenvalue weighted by Gasteiger charge is 2.51. The topological polar surface area (TPSA) is 59.8 Å². The van der Waals surface area contributed by atoms with Crippen molar-refractivity contribution in [1.82, 2.24) is 20.1 Å². The molecular formula is C22H34N4OS. The average molecular weight is 403 g/mol. The summed E-state index contributed by atoms with van der Waals surface area (Å²) in [5, 5.41) is 13.2. The zero-order chi connectivity index (χ0) is 19.1. The van der Waals surface area contributed by atoms with Crippen molar-refractivity contribution in [3.8, 4) is 0 Å². The Bertz CT molecular complexity index is 689. The molecular weight excluding hydrogens is 368 g/mol. The molecule has 0 spiro atoms. The Morgan fingerprint density at radius 3 is 2.36 bits per heavy atom. The lowest BCUT2D eigenvalue weighted by Crippen LogP contribution is -2.47. The molecule has 4 bridgehead atoms. The molecule has 0 aliphatic heterocycles. The van der Waals surface area contributed by atoms with Crippen LogP contribution in [0.3, 0.4) is 0 Å². The predicted molar refractivity (Wildman–Crippen MR) is 111 cm³/mol. The van der Waals surface area contributed by atoms with Crippen LogP contribution < -0.4 is 5.32 Å². The second kappa shape index (κ2) is 7.66. The number of nitrogens with one attached hydrogen (secondary N) is 1. The minimum atomic E-state index is 0.144. The van der Waals surface area contributed by atoms with Crippen LogP contribution in [0.5, 0.6) is 0 Å². The molecule has 5 aliphatic rings. The molecule has 0 aromatic carbocycles. The van der Waals surface area contributed by atoms with Crippen molar-refractivity contribution in [2.24, 2.45) is 23.2 Å². The largest absolute Gasteiger partial charge is 0.353 e. The Balaban J connectivity index is 1.23. The monoisotopic (exact) mass is 402 g/mol. The van der Waals surface area contributed by atoms with Crippen molar-refractivity contribution in [3.63, 3.8) is 0 Å². The molecule has 1 aromatic heterocycles. The first kappa shape index (κ1) is 19.0. The van der Waals surface area contributed by atoms with Crippen LogP contribution in [0.15, 0.2) is 5.16 Å². The van der Waals surface area contributed by atoms with Gasteiger partial charge in [0.1, 0.15) is 5.82 Å². The third kappa shape index (κ3) is 3.73. The van der Waals surface area contributed by atoms with Gasteiger partial charge in [-0.1, -0.05) is 24.6 Å². The average Bonchev–Trinajstić information content (AvgIpc) is 3.28. The van der Waals surface area contributed by atoms with E-state index < -0.39 is 0 Å². The van der Waals surface area contributed by atoms with Gasteiger partial charge in [-0.2, -0.15) is 0 Å². The first-order valence-corrected chi connectivity index (χ1v) is 12.5. The molecule has 6 heteroatoms. The van der Waals surface area contributed by atoms with E-state index in [4.69, 9.17) is 0 Å². The molecule has 5 nitrogen and oxygen atoms in total. The first-order chi connectivity index (χ1) is 13.6. The van der Waals surface area contributed by atoms with Crippen LogP contribution in [0, 0.1) is 23.2 Å². The van der Waals surface area contributed by atoms with E-state index >= 15 is 0 Å². The Morgan fingerprint density at radius 2 is 1.75 bits per heavy atom. The number of nitrogens with zero attached hydrogens (tertiary/aromatic N) is 3. The fraction of sp³-hybridized carbons (Fsp3) is 0.864. The van der Waals surface area contributed by atoms with E-state index in [9.17, 15) is 4.79 Å². The van der Waals surface area contributed by atoms with Crippen molar-refractivity contribution in [2.75, 3.05) is 5.75 Å². The van der Waals surface area contributed by atoms with Gasteiger partial charge in [-0.3, -0.25) is 4.79 Å². The molecule has 5 saturated carbocycles.